The molecule has 0 aliphatic carbocycles. The molecule has 0 saturated heterocycles. The lowest BCUT2D eigenvalue weighted by molar-refractivity contribution is -0.134. The van der Waals surface area contributed by atoms with Crippen LogP contribution in [0.4, 0.5) is 0 Å². The fourth-order valence-electron chi connectivity index (χ4n) is 3.05. The molecule has 0 radical (unpaired) electrons. The Labute approximate surface area is 152 Å². The molecule has 1 aromatic heterocycles. The Bertz CT molecular complexity index is 779. The van der Waals surface area contributed by atoms with E-state index in [9.17, 15) is 4.79 Å². The third-order valence-corrected chi connectivity index (χ3v) is 4.17. The van der Waals surface area contributed by atoms with E-state index >= 15 is 0 Å². The number of benzene rings is 1. The van der Waals surface area contributed by atoms with E-state index in [1.54, 1.807) is 12.1 Å². The number of nitrogens with zero attached hydrogens (tertiary/aromatic N) is 2. The van der Waals surface area contributed by atoms with E-state index < -0.39 is 11.9 Å². The summed E-state index contributed by atoms with van der Waals surface area (Å²) in [6.45, 7) is 8.00. The lowest BCUT2D eigenvalue weighted by atomic mass is 9.99. The highest BCUT2D eigenvalue weighted by Crippen LogP contribution is 2.26. The molecule has 0 saturated carbocycles. The van der Waals surface area contributed by atoms with Crippen LogP contribution < -0.4 is 0 Å². The van der Waals surface area contributed by atoms with E-state index in [4.69, 9.17) is 15.0 Å². The summed E-state index contributed by atoms with van der Waals surface area (Å²) in [4.78, 5) is 22.4. The van der Waals surface area contributed by atoms with Crippen molar-refractivity contribution in [2.75, 3.05) is 6.54 Å². The third-order valence-electron chi connectivity index (χ3n) is 4.17. The average Bonchev–Trinajstić information content (AvgIpc) is 2.98. The molecule has 2 heterocycles. The fraction of sp³-hybridized carbons (Fsp3) is 0.421. The predicted molar refractivity (Wildman–Crippen MR) is 97.2 cm³/mol. The first-order valence-electron chi connectivity index (χ1n) is 8.58. The second-order valence-corrected chi connectivity index (χ2v) is 6.71. The number of aromatic amines is 1. The number of rotatable bonds is 4. The largest absolute Gasteiger partial charge is 0.481 e. The van der Waals surface area contributed by atoms with Crippen molar-refractivity contribution in [1.29, 1.82) is 0 Å². The van der Waals surface area contributed by atoms with Gasteiger partial charge >= 0.3 is 5.97 Å². The lowest BCUT2D eigenvalue weighted by Gasteiger charge is -2.27. The smallest absolute Gasteiger partial charge is 0.335 e. The minimum Gasteiger partial charge on any atom is -0.481 e. The van der Waals surface area contributed by atoms with Gasteiger partial charge in [-0.2, -0.15) is 5.10 Å². The van der Waals surface area contributed by atoms with Crippen LogP contribution in [-0.4, -0.2) is 43.8 Å². The molecule has 0 unspecified atom stereocenters. The Morgan fingerprint density at radius 3 is 2.62 bits per heavy atom. The molecule has 2 aromatic rings. The summed E-state index contributed by atoms with van der Waals surface area (Å²) in [5, 5.41) is 24.1. The van der Waals surface area contributed by atoms with Crippen LogP contribution in [0.5, 0.6) is 0 Å². The minimum atomic E-state index is -0.875. The molecule has 3 rings (SSSR count). The van der Waals surface area contributed by atoms with Crippen molar-refractivity contribution in [1.82, 2.24) is 15.1 Å². The first kappa shape index (κ1) is 19.7. The van der Waals surface area contributed by atoms with Gasteiger partial charge in [-0.3, -0.25) is 14.8 Å². The maximum Gasteiger partial charge on any atom is 0.335 e. The summed E-state index contributed by atoms with van der Waals surface area (Å²) >= 11 is 0. The molecule has 1 aliphatic heterocycles. The van der Waals surface area contributed by atoms with Gasteiger partial charge in [0.2, 0.25) is 0 Å². The molecule has 140 valence electrons. The van der Waals surface area contributed by atoms with E-state index in [1.807, 2.05) is 12.1 Å². The van der Waals surface area contributed by atoms with Crippen molar-refractivity contribution < 1.29 is 19.8 Å². The Morgan fingerprint density at radius 2 is 2.00 bits per heavy atom. The van der Waals surface area contributed by atoms with Crippen LogP contribution in [-0.2, 0) is 24.3 Å². The Hall–Kier alpha value is -2.67. The maximum absolute atomic E-state index is 11.1. The van der Waals surface area contributed by atoms with Gasteiger partial charge in [-0.05, 0) is 23.6 Å². The Morgan fingerprint density at radius 1 is 1.31 bits per heavy atom. The molecule has 7 nitrogen and oxygen atoms in total. The van der Waals surface area contributed by atoms with E-state index in [-0.39, 0.29) is 0 Å². The second-order valence-electron chi connectivity index (χ2n) is 6.71. The zero-order valence-electron chi connectivity index (χ0n) is 15.3. The lowest BCUT2D eigenvalue weighted by Crippen LogP contribution is -2.30. The first-order chi connectivity index (χ1) is 12.3. The molecule has 0 atom stereocenters. The molecule has 3 N–H and O–H groups in total. The van der Waals surface area contributed by atoms with Gasteiger partial charge < -0.3 is 10.2 Å². The molecule has 7 heteroatoms. The quantitative estimate of drug-likeness (QED) is 0.775. The van der Waals surface area contributed by atoms with Crippen LogP contribution in [0.25, 0.3) is 0 Å². The second kappa shape index (κ2) is 8.62. The molecule has 0 fully saturated rings. The molecule has 0 spiro atoms. The molecule has 26 heavy (non-hydrogen) atoms. The number of H-pyrrole nitrogens is 1. The van der Waals surface area contributed by atoms with Crippen molar-refractivity contribution in [3.05, 3.63) is 52.3 Å². The Kier molecular flexibility index (Phi) is 6.52. The van der Waals surface area contributed by atoms with Crippen LogP contribution in [0.3, 0.4) is 0 Å². The zero-order chi connectivity index (χ0) is 19.3. The summed E-state index contributed by atoms with van der Waals surface area (Å²) in [6.07, 6.45) is 0.966. The molecule has 0 bridgehead atoms. The highest BCUT2D eigenvalue weighted by atomic mass is 16.4. The summed E-state index contributed by atoms with van der Waals surface area (Å²) in [6, 6.07) is 7.19. The van der Waals surface area contributed by atoms with Gasteiger partial charge in [-0.25, -0.2) is 4.79 Å². The number of aromatic nitrogens is 2. The number of carbonyl (C=O) groups is 2. The van der Waals surface area contributed by atoms with Gasteiger partial charge in [0.25, 0.3) is 5.97 Å². The van der Waals surface area contributed by atoms with E-state index in [0.29, 0.717) is 11.5 Å². The van der Waals surface area contributed by atoms with Gasteiger partial charge in [-0.1, -0.05) is 26.0 Å². The van der Waals surface area contributed by atoms with Crippen molar-refractivity contribution >= 4 is 11.9 Å². The number of hydrogen-bond donors (Lipinski definition) is 3. The number of fused-ring (bicyclic) bond motifs is 1. The normalized spacial score (nSPS) is 13.7. The topological polar surface area (TPSA) is 107 Å². The van der Waals surface area contributed by atoms with Crippen LogP contribution >= 0.6 is 0 Å². The number of aliphatic carboxylic acids is 1. The van der Waals surface area contributed by atoms with Crippen molar-refractivity contribution in [2.24, 2.45) is 0 Å². The van der Waals surface area contributed by atoms with E-state index in [1.165, 1.54) is 11.3 Å². The first-order valence-corrected chi connectivity index (χ1v) is 8.58. The van der Waals surface area contributed by atoms with E-state index in [2.05, 4.69) is 28.9 Å². The van der Waals surface area contributed by atoms with Gasteiger partial charge in [0.1, 0.15) is 0 Å². The van der Waals surface area contributed by atoms with Crippen LogP contribution in [0.15, 0.2) is 24.3 Å². The SMILES string of the molecule is CC(=O)O.CC(C)c1n[nH]c2c1CN(Cc1cccc(C(=O)O)c1)CC2. The fourth-order valence-corrected chi connectivity index (χ4v) is 3.05. The van der Waals surface area contributed by atoms with Crippen molar-refractivity contribution in [3.8, 4) is 0 Å². The van der Waals surface area contributed by atoms with Crippen molar-refractivity contribution in [2.45, 2.75) is 46.2 Å². The molecule has 1 aromatic carbocycles. The summed E-state index contributed by atoms with van der Waals surface area (Å²) in [7, 11) is 0. The van der Waals surface area contributed by atoms with Crippen LogP contribution in [0.1, 0.15) is 59.6 Å². The summed E-state index contributed by atoms with van der Waals surface area (Å²) < 4.78 is 0. The van der Waals surface area contributed by atoms with Gasteiger partial charge in [0, 0.05) is 44.2 Å². The van der Waals surface area contributed by atoms with Crippen LogP contribution in [0.2, 0.25) is 0 Å². The van der Waals surface area contributed by atoms with Crippen LogP contribution in [0, 0.1) is 0 Å². The van der Waals surface area contributed by atoms with Gasteiger partial charge in [0.15, 0.2) is 0 Å². The Balaban J connectivity index is 0.000000552. The molecule has 0 amide bonds. The minimum absolute atomic E-state index is 0.348. The third kappa shape index (κ3) is 5.16. The monoisotopic (exact) mass is 359 g/mol. The maximum atomic E-state index is 11.1. The molecular formula is C19H25N3O4. The van der Waals surface area contributed by atoms with Gasteiger partial charge in [-0.15, -0.1) is 0 Å². The zero-order valence-corrected chi connectivity index (χ0v) is 15.3. The number of carboxylic acids is 2. The number of aromatic carboxylic acids is 1. The number of nitrogens with one attached hydrogen (secondary N) is 1. The standard InChI is InChI=1S/C17H21N3O2.C2H4O2/c1-11(2)16-14-10-20(7-6-15(14)18-19-16)9-12-4-3-5-13(8-12)17(21)22;1-2(3)4/h3-5,8,11H,6-7,9-10H2,1-2H3,(H,18,19)(H,21,22);1H3,(H,3,4). The summed E-state index contributed by atoms with van der Waals surface area (Å²) in [5.41, 5.74) is 5.10. The highest BCUT2D eigenvalue weighted by molar-refractivity contribution is 5.87. The predicted octanol–water partition coefficient (Wildman–Crippen LogP) is 2.88. The van der Waals surface area contributed by atoms with Gasteiger partial charge in [0.05, 0.1) is 11.3 Å². The average molecular weight is 359 g/mol. The molecular weight excluding hydrogens is 334 g/mol. The molecule has 1 aliphatic rings. The van der Waals surface area contributed by atoms with E-state index in [0.717, 1.165) is 44.2 Å². The number of carboxylic acid groups (broad SMARTS) is 2. The number of hydrogen-bond acceptors (Lipinski definition) is 4. The highest BCUT2D eigenvalue weighted by Gasteiger charge is 2.23. The van der Waals surface area contributed by atoms with Crippen molar-refractivity contribution in [3.63, 3.8) is 0 Å². The summed E-state index contributed by atoms with van der Waals surface area (Å²) in [5.74, 6) is -1.30.